The maximum absolute atomic E-state index is 12.5. The molecule has 0 N–H and O–H groups in total. The minimum absolute atomic E-state index is 0.357. The molecule has 1 aromatic carbocycles. The standard InChI is InChI=1S/C11H14BrO3P/c1-4-14-16(13)11-8(3)5-7(2)10(12)9(11)6-15-16/h5H,4,6H2,1-3H3. The van der Waals surface area contributed by atoms with Gasteiger partial charge in [-0.05, 0) is 31.9 Å². The van der Waals surface area contributed by atoms with Crippen molar-refractivity contribution >= 4 is 28.8 Å². The predicted molar refractivity (Wildman–Crippen MR) is 67.3 cm³/mol. The van der Waals surface area contributed by atoms with Crippen LogP contribution in [0.2, 0.25) is 0 Å². The largest absolute Gasteiger partial charge is 0.362 e. The fourth-order valence-corrected chi connectivity index (χ4v) is 4.59. The molecule has 1 aliphatic heterocycles. The van der Waals surface area contributed by atoms with Gasteiger partial charge < -0.3 is 9.05 Å². The van der Waals surface area contributed by atoms with Gasteiger partial charge in [-0.2, -0.15) is 0 Å². The highest BCUT2D eigenvalue weighted by Gasteiger charge is 2.39. The van der Waals surface area contributed by atoms with Gasteiger partial charge in [0.05, 0.1) is 18.5 Å². The second kappa shape index (κ2) is 4.26. The zero-order valence-electron chi connectivity index (χ0n) is 9.54. The highest BCUT2D eigenvalue weighted by atomic mass is 79.9. The van der Waals surface area contributed by atoms with E-state index >= 15 is 0 Å². The van der Waals surface area contributed by atoms with E-state index in [1.165, 1.54) is 0 Å². The van der Waals surface area contributed by atoms with Crippen molar-refractivity contribution < 1.29 is 13.6 Å². The maximum atomic E-state index is 12.5. The van der Waals surface area contributed by atoms with Gasteiger partial charge in [0.2, 0.25) is 0 Å². The van der Waals surface area contributed by atoms with E-state index in [-0.39, 0.29) is 0 Å². The zero-order chi connectivity index (χ0) is 11.9. The highest BCUT2D eigenvalue weighted by molar-refractivity contribution is 9.10. The van der Waals surface area contributed by atoms with E-state index in [0.717, 1.165) is 26.5 Å². The van der Waals surface area contributed by atoms with E-state index in [1.54, 1.807) is 0 Å². The average Bonchev–Trinajstić information content (AvgIpc) is 2.54. The second-order valence-electron chi connectivity index (χ2n) is 3.84. The summed E-state index contributed by atoms with van der Waals surface area (Å²) in [7, 11) is -3.07. The Hall–Kier alpha value is -0.150. The molecule has 2 rings (SSSR count). The van der Waals surface area contributed by atoms with Crippen LogP contribution in [-0.4, -0.2) is 6.61 Å². The quantitative estimate of drug-likeness (QED) is 0.785. The van der Waals surface area contributed by atoms with E-state index in [4.69, 9.17) is 9.05 Å². The van der Waals surface area contributed by atoms with Crippen molar-refractivity contribution in [3.63, 3.8) is 0 Å². The fourth-order valence-electron chi connectivity index (χ4n) is 2.04. The van der Waals surface area contributed by atoms with Crippen molar-refractivity contribution in [1.82, 2.24) is 0 Å². The molecule has 0 fully saturated rings. The monoisotopic (exact) mass is 304 g/mol. The van der Waals surface area contributed by atoms with Crippen LogP contribution in [0.25, 0.3) is 0 Å². The summed E-state index contributed by atoms with van der Waals surface area (Å²) in [5.41, 5.74) is 3.07. The molecule has 1 aliphatic rings. The smallest absolute Gasteiger partial charge is 0.305 e. The molecule has 1 aromatic rings. The first kappa shape index (κ1) is 12.3. The third-order valence-electron chi connectivity index (χ3n) is 2.66. The normalized spacial score (nSPS) is 23.5. The molecule has 0 bridgehead atoms. The summed E-state index contributed by atoms with van der Waals surface area (Å²) < 4.78 is 24.1. The minimum Gasteiger partial charge on any atom is -0.305 e. The lowest BCUT2D eigenvalue weighted by Crippen LogP contribution is -2.11. The lowest BCUT2D eigenvalue weighted by molar-refractivity contribution is 0.225. The van der Waals surface area contributed by atoms with E-state index < -0.39 is 7.60 Å². The van der Waals surface area contributed by atoms with Crippen LogP contribution in [0.15, 0.2) is 10.5 Å². The predicted octanol–water partition coefficient (Wildman–Crippen LogP) is 3.45. The molecular weight excluding hydrogens is 291 g/mol. The Morgan fingerprint density at radius 2 is 2.19 bits per heavy atom. The zero-order valence-corrected chi connectivity index (χ0v) is 12.0. The van der Waals surface area contributed by atoms with E-state index in [9.17, 15) is 4.57 Å². The lowest BCUT2D eigenvalue weighted by Gasteiger charge is -2.14. The van der Waals surface area contributed by atoms with Gasteiger partial charge in [-0.3, -0.25) is 4.57 Å². The molecule has 88 valence electrons. The molecule has 0 aromatic heterocycles. The third kappa shape index (κ3) is 1.78. The van der Waals surface area contributed by atoms with Crippen molar-refractivity contribution in [3.05, 3.63) is 27.2 Å². The van der Waals surface area contributed by atoms with E-state index in [1.807, 2.05) is 26.8 Å². The number of hydrogen-bond donors (Lipinski definition) is 0. The highest BCUT2D eigenvalue weighted by Crippen LogP contribution is 2.55. The Kier molecular flexibility index (Phi) is 3.28. The lowest BCUT2D eigenvalue weighted by atomic mass is 10.1. The molecule has 0 amide bonds. The van der Waals surface area contributed by atoms with Crippen LogP contribution in [0.4, 0.5) is 0 Å². The molecular formula is C11H14BrO3P. The first-order chi connectivity index (χ1) is 7.49. The van der Waals surface area contributed by atoms with Crippen molar-refractivity contribution in [3.8, 4) is 0 Å². The Morgan fingerprint density at radius 1 is 1.50 bits per heavy atom. The van der Waals surface area contributed by atoms with Gasteiger partial charge in [-0.15, -0.1) is 0 Å². The van der Waals surface area contributed by atoms with Crippen LogP contribution < -0.4 is 5.30 Å². The number of halogens is 1. The molecule has 0 radical (unpaired) electrons. The Bertz CT molecular complexity index is 485. The fraction of sp³-hybridized carbons (Fsp3) is 0.455. The molecule has 1 unspecified atom stereocenters. The van der Waals surface area contributed by atoms with Gasteiger partial charge in [-0.25, -0.2) is 0 Å². The van der Waals surface area contributed by atoms with E-state index in [2.05, 4.69) is 15.9 Å². The average molecular weight is 305 g/mol. The molecule has 0 aliphatic carbocycles. The number of rotatable bonds is 2. The number of fused-ring (bicyclic) bond motifs is 1. The van der Waals surface area contributed by atoms with Crippen LogP contribution in [0.3, 0.4) is 0 Å². The first-order valence-electron chi connectivity index (χ1n) is 5.18. The van der Waals surface area contributed by atoms with Gasteiger partial charge in [0.1, 0.15) is 0 Å². The molecule has 1 heterocycles. The third-order valence-corrected chi connectivity index (χ3v) is 6.00. The van der Waals surface area contributed by atoms with Gasteiger partial charge >= 0.3 is 7.60 Å². The topological polar surface area (TPSA) is 35.5 Å². The van der Waals surface area contributed by atoms with E-state index in [0.29, 0.717) is 13.2 Å². The number of benzene rings is 1. The summed E-state index contributed by atoms with van der Waals surface area (Å²) in [4.78, 5) is 0. The van der Waals surface area contributed by atoms with Crippen molar-refractivity contribution in [1.29, 1.82) is 0 Å². The minimum atomic E-state index is -3.07. The van der Waals surface area contributed by atoms with Gasteiger partial charge in [-0.1, -0.05) is 22.0 Å². The number of hydrogen-bond acceptors (Lipinski definition) is 3. The van der Waals surface area contributed by atoms with Crippen LogP contribution in [-0.2, 0) is 20.2 Å². The second-order valence-corrected chi connectivity index (χ2v) is 6.59. The SMILES string of the molecule is CCOP1(=O)OCc2c(Br)c(C)cc(C)c21. The molecule has 1 atom stereocenters. The molecule has 0 saturated carbocycles. The molecule has 5 heteroatoms. The van der Waals surface area contributed by atoms with Crippen molar-refractivity contribution in [2.75, 3.05) is 6.61 Å². The summed E-state index contributed by atoms with van der Waals surface area (Å²) in [6, 6.07) is 2.00. The summed E-state index contributed by atoms with van der Waals surface area (Å²) >= 11 is 3.51. The summed E-state index contributed by atoms with van der Waals surface area (Å²) in [5.74, 6) is 0. The van der Waals surface area contributed by atoms with Crippen LogP contribution in [0.5, 0.6) is 0 Å². The van der Waals surface area contributed by atoms with Gasteiger partial charge in [0.25, 0.3) is 0 Å². The number of aryl methyl sites for hydroxylation is 2. The van der Waals surface area contributed by atoms with Gasteiger partial charge in [0, 0.05) is 10.0 Å². The van der Waals surface area contributed by atoms with Crippen molar-refractivity contribution in [2.45, 2.75) is 27.4 Å². The van der Waals surface area contributed by atoms with Crippen LogP contribution in [0, 0.1) is 13.8 Å². The van der Waals surface area contributed by atoms with Crippen LogP contribution >= 0.6 is 23.5 Å². The first-order valence-corrected chi connectivity index (χ1v) is 7.51. The van der Waals surface area contributed by atoms with Gasteiger partial charge in [0.15, 0.2) is 0 Å². The molecule has 0 saturated heterocycles. The van der Waals surface area contributed by atoms with Crippen LogP contribution in [0.1, 0.15) is 23.6 Å². The van der Waals surface area contributed by atoms with Crippen molar-refractivity contribution in [2.24, 2.45) is 0 Å². The molecule has 3 nitrogen and oxygen atoms in total. The summed E-state index contributed by atoms with van der Waals surface area (Å²) in [6.45, 7) is 6.52. The summed E-state index contributed by atoms with van der Waals surface area (Å²) in [6.07, 6.45) is 0. The molecule has 0 spiro atoms. The maximum Gasteiger partial charge on any atom is 0.362 e. The Labute approximate surface area is 104 Å². The summed E-state index contributed by atoms with van der Waals surface area (Å²) in [5, 5.41) is 0.742. The Morgan fingerprint density at radius 3 is 2.81 bits per heavy atom. The molecule has 16 heavy (non-hydrogen) atoms. The Balaban J connectivity index is 2.64.